The zero-order chi connectivity index (χ0) is 13.7. The van der Waals surface area contributed by atoms with E-state index in [1.807, 2.05) is 0 Å². The van der Waals surface area contributed by atoms with Crippen LogP contribution >= 0.6 is 0 Å². The largest absolute Gasteiger partial charge is 0.384 e. The molecule has 1 fully saturated rings. The number of aliphatic hydroxyl groups excluding tert-OH is 1. The first-order valence-electron chi connectivity index (χ1n) is 6.12. The van der Waals surface area contributed by atoms with E-state index < -0.39 is 0 Å². The molecule has 100 valence electrons. The minimum absolute atomic E-state index is 0.157. The van der Waals surface area contributed by atoms with Crippen LogP contribution in [0.25, 0.3) is 0 Å². The van der Waals surface area contributed by atoms with Gasteiger partial charge in [0.15, 0.2) is 0 Å². The minimum atomic E-state index is -0.242. The Morgan fingerprint density at radius 3 is 3.11 bits per heavy atom. The highest BCUT2D eigenvalue weighted by Crippen LogP contribution is 2.23. The van der Waals surface area contributed by atoms with Crippen molar-refractivity contribution in [2.45, 2.75) is 25.0 Å². The van der Waals surface area contributed by atoms with E-state index in [4.69, 9.17) is 9.84 Å². The van der Waals surface area contributed by atoms with E-state index in [-0.39, 0.29) is 24.7 Å². The van der Waals surface area contributed by atoms with Crippen LogP contribution in [0.15, 0.2) is 18.5 Å². The lowest BCUT2D eigenvalue weighted by atomic mass is 9.89. The first-order chi connectivity index (χ1) is 9.24. The van der Waals surface area contributed by atoms with E-state index in [2.05, 4.69) is 22.1 Å². The molecule has 2 N–H and O–H groups in total. The van der Waals surface area contributed by atoms with E-state index >= 15 is 0 Å². The van der Waals surface area contributed by atoms with Crippen molar-refractivity contribution in [2.24, 2.45) is 0 Å². The highest BCUT2D eigenvalue weighted by atomic mass is 16.5. The Hall–Kier alpha value is -1.90. The zero-order valence-electron chi connectivity index (χ0n) is 10.7. The number of aliphatic hydroxyl groups is 1. The molecule has 5 nitrogen and oxygen atoms in total. The Bertz CT molecular complexity index is 513. The third-order valence-corrected chi connectivity index (χ3v) is 3.13. The number of methoxy groups -OCH3 is 1. The van der Waals surface area contributed by atoms with Gasteiger partial charge in [-0.05, 0) is 18.9 Å². The molecule has 0 saturated heterocycles. The first kappa shape index (κ1) is 13.5. The van der Waals surface area contributed by atoms with Gasteiger partial charge in [0.1, 0.15) is 6.61 Å². The summed E-state index contributed by atoms with van der Waals surface area (Å²) >= 11 is 0. The lowest BCUT2D eigenvalue weighted by Gasteiger charge is -2.34. The van der Waals surface area contributed by atoms with Crippen LogP contribution in [0.3, 0.4) is 0 Å². The fraction of sp³-hybridized carbons (Fsp3) is 0.429. The van der Waals surface area contributed by atoms with Crippen LogP contribution in [0.4, 0.5) is 0 Å². The molecule has 0 radical (unpaired) electrons. The number of nitrogens with one attached hydrogen (secondary N) is 1. The second kappa shape index (κ2) is 6.32. The van der Waals surface area contributed by atoms with Gasteiger partial charge in [0.05, 0.1) is 17.2 Å². The van der Waals surface area contributed by atoms with E-state index in [1.54, 1.807) is 19.4 Å². The number of hydrogen-bond acceptors (Lipinski definition) is 4. The highest BCUT2D eigenvalue weighted by molar-refractivity contribution is 5.96. The maximum atomic E-state index is 12.1. The second-order valence-electron chi connectivity index (χ2n) is 4.38. The van der Waals surface area contributed by atoms with E-state index in [9.17, 15) is 4.79 Å². The first-order valence-corrected chi connectivity index (χ1v) is 6.12. The quantitative estimate of drug-likeness (QED) is 0.768. The van der Waals surface area contributed by atoms with Gasteiger partial charge in [-0.25, -0.2) is 0 Å². The molecular formula is C14H16N2O3. The highest BCUT2D eigenvalue weighted by Gasteiger charge is 2.30. The van der Waals surface area contributed by atoms with Crippen LogP contribution in [0, 0.1) is 11.8 Å². The Labute approximate surface area is 112 Å². The molecular weight excluding hydrogens is 244 g/mol. The maximum Gasteiger partial charge on any atom is 0.252 e. The number of rotatable bonds is 3. The number of nitrogens with zero attached hydrogens (tertiary/aromatic N) is 1. The predicted octanol–water partition coefficient (Wildman–Crippen LogP) is 0.333. The fourth-order valence-electron chi connectivity index (χ4n) is 1.97. The summed E-state index contributed by atoms with van der Waals surface area (Å²) in [5, 5.41) is 11.6. The van der Waals surface area contributed by atoms with Crippen molar-refractivity contribution >= 4 is 5.91 Å². The van der Waals surface area contributed by atoms with E-state index in [1.165, 1.54) is 6.20 Å². The van der Waals surface area contributed by atoms with Crippen molar-refractivity contribution in [3.63, 3.8) is 0 Å². The summed E-state index contributed by atoms with van der Waals surface area (Å²) in [6.45, 7) is -0.242. The number of ether oxygens (including phenoxy) is 1. The summed E-state index contributed by atoms with van der Waals surface area (Å²) in [7, 11) is 1.67. The molecule has 1 saturated carbocycles. The molecule has 1 amide bonds. The molecule has 1 aliphatic rings. The Morgan fingerprint density at radius 1 is 1.63 bits per heavy atom. The van der Waals surface area contributed by atoms with Crippen molar-refractivity contribution in [3.8, 4) is 11.8 Å². The topological polar surface area (TPSA) is 71.5 Å². The molecule has 19 heavy (non-hydrogen) atoms. The monoisotopic (exact) mass is 260 g/mol. The minimum Gasteiger partial charge on any atom is -0.384 e. The molecule has 0 atom stereocenters. The van der Waals surface area contributed by atoms with Gasteiger partial charge in [0, 0.05) is 25.5 Å². The molecule has 1 aliphatic carbocycles. The number of amides is 1. The lowest BCUT2D eigenvalue weighted by Crippen LogP contribution is -2.47. The van der Waals surface area contributed by atoms with Crippen molar-refractivity contribution < 1.29 is 14.6 Å². The smallest absolute Gasteiger partial charge is 0.252 e. The Kier molecular flexibility index (Phi) is 4.50. The van der Waals surface area contributed by atoms with Crippen molar-refractivity contribution in [2.75, 3.05) is 13.7 Å². The van der Waals surface area contributed by atoms with Crippen LogP contribution in [-0.4, -0.2) is 41.9 Å². The van der Waals surface area contributed by atoms with Crippen LogP contribution < -0.4 is 5.32 Å². The van der Waals surface area contributed by atoms with Crippen LogP contribution in [0.2, 0.25) is 0 Å². The summed E-state index contributed by atoms with van der Waals surface area (Å²) < 4.78 is 5.17. The van der Waals surface area contributed by atoms with Gasteiger partial charge in [-0.3, -0.25) is 9.78 Å². The van der Waals surface area contributed by atoms with E-state index in [0.29, 0.717) is 11.1 Å². The lowest BCUT2D eigenvalue weighted by molar-refractivity contribution is 0.0176. The molecule has 0 spiro atoms. The third-order valence-electron chi connectivity index (χ3n) is 3.13. The number of hydrogen-bond donors (Lipinski definition) is 2. The molecule has 2 rings (SSSR count). The van der Waals surface area contributed by atoms with Gasteiger partial charge in [-0.15, -0.1) is 0 Å². The normalized spacial score (nSPS) is 20.9. The predicted molar refractivity (Wildman–Crippen MR) is 69.5 cm³/mol. The standard InChI is InChI=1S/C14H16N2O3/c1-19-12-7-11(8-12)16-14(18)13-4-5-15-9-10(13)3-2-6-17/h4-5,9,11-12,17H,6-8H2,1H3,(H,16,18). The SMILES string of the molecule is COC1CC(NC(=O)c2ccncc2C#CCO)C1. The zero-order valence-corrected chi connectivity index (χ0v) is 10.7. The average molecular weight is 260 g/mol. The summed E-state index contributed by atoms with van der Waals surface area (Å²) in [5.74, 6) is 5.09. The molecule has 5 heteroatoms. The number of carbonyl (C=O) groups excluding carboxylic acids is 1. The summed E-state index contributed by atoms with van der Waals surface area (Å²) in [5.41, 5.74) is 1.01. The molecule has 1 aromatic heterocycles. The molecule has 0 aromatic carbocycles. The van der Waals surface area contributed by atoms with Crippen LogP contribution in [0.5, 0.6) is 0 Å². The number of aromatic nitrogens is 1. The average Bonchev–Trinajstić information content (AvgIpc) is 2.40. The van der Waals surface area contributed by atoms with Crippen LogP contribution in [0.1, 0.15) is 28.8 Å². The van der Waals surface area contributed by atoms with Crippen molar-refractivity contribution in [1.82, 2.24) is 10.3 Å². The van der Waals surface area contributed by atoms with Crippen molar-refractivity contribution in [3.05, 3.63) is 29.6 Å². The Morgan fingerprint density at radius 2 is 2.42 bits per heavy atom. The van der Waals surface area contributed by atoms with Gasteiger partial charge in [-0.1, -0.05) is 11.8 Å². The fourth-order valence-corrected chi connectivity index (χ4v) is 1.97. The Balaban J connectivity index is 2.03. The third kappa shape index (κ3) is 3.31. The van der Waals surface area contributed by atoms with Crippen LogP contribution in [-0.2, 0) is 4.74 Å². The molecule has 1 heterocycles. The maximum absolute atomic E-state index is 12.1. The van der Waals surface area contributed by atoms with Gasteiger partial charge >= 0.3 is 0 Å². The summed E-state index contributed by atoms with van der Waals surface area (Å²) in [6, 6.07) is 1.78. The molecule has 0 unspecified atom stereocenters. The summed E-state index contributed by atoms with van der Waals surface area (Å²) in [4.78, 5) is 16.1. The molecule has 0 aliphatic heterocycles. The van der Waals surface area contributed by atoms with Crippen molar-refractivity contribution in [1.29, 1.82) is 0 Å². The molecule has 0 bridgehead atoms. The summed E-state index contributed by atoms with van der Waals surface area (Å²) in [6.07, 6.45) is 5.00. The number of carbonyl (C=O) groups is 1. The van der Waals surface area contributed by atoms with Gasteiger partial charge in [0.2, 0.25) is 0 Å². The van der Waals surface area contributed by atoms with Gasteiger partial charge < -0.3 is 15.2 Å². The van der Waals surface area contributed by atoms with Gasteiger partial charge in [0.25, 0.3) is 5.91 Å². The second-order valence-corrected chi connectivity index (χ2v) is 4.38. The number of pyridine rings is 1. The van der Waals surface area contributed by atoms with E-state index in [0.717, 1.165) is 12.8 Å². The molecule has 1 aromatic rings. The van der Waals surface area contributed by atoms with Gasteiger partial charge in [-0.2, -0.15) is 0 Å².